The Morgan fingerprint density at radius 1 is 0.645 bits per heavy atom. The zero-order valence-electron chi connectivity index (χ0n) is 18.8. The average molecular weight is 419 g/mol. The molecule has 0 N–H and O–H groups in total. The SMILES string of the molecule is CCCCCC(=Cc1ccccc1)C(=O)OC(=O)C(=Cc1ccccc1)CCCCC. The van der Waals surface area contributed by atoms with E-state index in [-0.39, 0.29) is 0 Å². The quantitative estimate of drug-likeness (QED) is 0.156. The maximum Gasteiger partial charge on any atom is 0.341 e. The highest BCUT2D eigenvalue weighted by atomic mass is 16.6. The molecule has 0 heterocycles. The van der Waals surface area contributed by atoms with Gasteiger partial charge in [-0.05, 0) is 49.0 Å². The molecular weight excluding hydrogens is 384 g/mol. The second-order valence-electron chi connectivity index (χ2n) is 7.75. The number of unbranched alkanes of at least 4 members (excludes halogenated alkanes) is 4. The lowest BCUT2D eigenvalue weighted by Crippen LogP contribution is -2.16. The van der Waals surface area contributed by atoms with Gasteiger partial charge in [-0.1, -0.05) is 100 Å². The summed E-state index contributed by atoms with van der Waals surface area (Å²) in [6.45, 7) is 4.25. The van der Waals surface area contributed by atoms with Crippen molar-refractivity contribution in [2.75, 3.05) is 0 Å². The average Bonchev–Trinajstić information content (AvgIpc) is 2.79. The molecule has 2 rings (SSSR count). The first-order valence-electron chi connectivity index (χ1n) is 11.4. The molecule has 0 saturated carbocycles. The smallest absolute Gasteiger partial charge is 0.341 e. The zero-order valence-corrected chi connectivity index (χ0v) is 18.8. The number of ether oxygens (including phenoxy) is 1. The Bertz CT molecular complexity index is 790. The van der Waals surface area contributed by atoms with Gasteiger partial charge in [-0.15, -0.1) is 0 Å². The molecule has 0 saturated heterocycles. The summed E-state index contributed by atoms with van der Waals surface area (Å²) in [5.41, 5.74) is 2.95. The molecule has 0 aliphatic rings. The van der Waals surface area contributed by atoms with Crippen molar-refractivity contribution >= 4 is 24.1 Å². The van der Waals surface area contributed by atoms with Crippen molar-refractivity contribution in [3.63, 3.8) is 0 Å². The first-order valence-corrected chi connectivity index (χ1v) is 11.4. The van der Waals surface area contributed by atoms with E-state index in [1.807, 2.05) is 72.8 Å². The molecule has 2 aromatic rings. The highest BCUT2D eigenvalue weighted by Gasteiger charge is 2.19. The van der Waals surface area contributed by atoms with Crippen molar-refractivity contribution in [3.05, 3.63) is 82.9 Å². The van der Waals surface area contributed by atoms with Gasteiger partial charge >= 0.3 is 11.9 Å². The standard InChI is InChI=1S/C28H34O3/c1-3-5-9-19-25(21-23-15-11-7-12-16-23)27(29)31-28(30)26(20-10-6-4-2)22-24-17-13-8-14-18-24/h7-8,11-18,21-22H,3-6,9-10,19-20H2,1-2H3. The van der Waals surface area contributed by atoms with Crippen molar-refractivity contribution in [3.8, 4) is 0 Å². The van der Waals surface area contributed by atoms with E-state index >= 15 is 0 Å². The van der Waals surface area contributed by atoms with Gasteiger partial charge < -0.3 is 4.74 Å². The second kappa shape index (κ2) is 14.1. The molecule has 0 bridgehead atoms. The van der Waals surface area contributed by atoms with Crippen molar-refractivity contribution in [2.24, 2.45) is 0 Å². The van der Waals surface area contributed by atoms with Crippen LogP contribution < -0.4 is 0 Å². The number of rotatable bonds is 12. The monoisotopic (exact) mass is 418 g/mol. The topological polar surface area (TPSA) is 43.4 Å². The Kier molecular flexibility index (Phi) is 11.1. The van der Waals surface area contributed by atoms with Gasteiger partial charge in [0.1, 0.15) is 0 Å². The van der Waals surface area contributed by atoms with Crippen LogP contribution in [0.4, 0.5) is 0 Å². The van der Waals surface area contributed by atoms with E-state index in [0.717, 1.165) is 49.7 Å². The van der Waals surface area contributed by atoms with Gasteiger partial charge in [-0.25, -0.2) is 9.59 Å². The first-order chi connectivity index (χ1) is 15.1. The van der Waals surface area contributed by atoms with Gasteiger partial charge in [-0.3, -0.25) is 0 Å². The van der Waals surface area contributed by atoms with Crippen LogP contribution in [0.1, 0.15) is 76.3 Å². The van der Waals surface area contributed by atoms with Gasteiger partial charge in [0, 0.05) is 11.1 Å². The predicted octanol–water partition coefficient (Wildman–Crippen LogP) is 7.38. The van der Waals surface area contributed by atoms with E-state index in [0.29, 0.717) is 24.0 Å². The maximum absolute atomic E-state index is 12.9. The Morgan fingerprint density at radius 3 is 1.39 bits per heavy atom. The second-order valence-corrected chi connectivity index (χ2v) is 7.75. The fraction of sp³-hybridized carbons (Fsp3) is 0.357. The van der Waals surface area contributed by atoms with Crippen LogP contribution in [-0.2, 0) is 14.3 Å². The van der Waals surface area contributed by atoms with Gasteiger partial charge in [0.25, 0.3) is 0 Å². The number of carbonyl (C=O) groups is 2. The predicted molar refractivity (Wildman–Crippen MR) is 128 cm³/mol. The highest BCUT2D eigenvalue weighted by molar-refractivity contribution is 6.05. The van der Waals surface area contributed by atoms with Gasteiger partial charge in [-0.2, -0.15) is 0 Å². The van der Waals surface area contributed by atoms with E-state index in [1.165, 1.54) is 0 Å². The van der Waals surface area contributed by atoms with E-state index < -0.39 is 11.9 Å². The van der Waals surface area contributed by atoms with Crippen LogP contribution in [0.25, 0.3) is 12.2 Å². The number of benzene rings is 2. The third kappa shape index (κ3) is 9.17. The summed E-state index contributed by atoms with van der Waals surface area (Å²) in [6, 6.07) is 19.4. The molecule has 31 heavy (non-hydrogen) atoms. The third-order valence-electron chi connectivity index (χ3n) is 5.09. The molecule has 2 aromatic carbocycles. The molecule has 0 unspecified atom stereocenters. The fourth-order valence-corrected chi connectivity index (χ4v) is 3.31. The molecule has 164 valence electrons. The highest BCUT2D eigenvalue weighted by Crippen LogP contribution is 2.19. The summed E-state index contributed by atoms with van der Waals surface area (Å²) < 4.78 is 5.37. The van der Waals surface area contributed by atoms with Crippen LogP contribution in [0, 0.1) is 0 Å². The summed E-state index contributed by atoms with van der Waals surface area (Å²) >= 11 is 0. The van der Waals surface area contributed by atoms with Crippen molar-refractivity contribution in [1.82, 2.24) is 0 Å². The largest absolute Gasteiger partial charge is 0.386 e. The number of esters is 2. The summed E-state index contributed by atoms with van der Waals surface area (Å²) in [7, 11) is 0. The Balaban J connectivity index is 2.18. The molecular formula is C28H34O3. The number of carbonyl (C=O) groups excluding carboxylic acids is 2. The van der Waals surface area contributed by atoms with Crippen LogP contribution in [0.3, 0.4) is 0 Å². The van der Waals surface area contributed by atoms with Gasteiger partial charge in [0.15, 0.2) is 0 Å². The molecule has 3 nitrogen and oxygen atoms in total. The minimum Gasteiger partial charge on any atom is -0.386 e. The Morgan fingerprint density at radius 2 is 1.03 bits per heavy atom. The van der Waals surface area contributed by atoms with E-state index in [9.17, 15) is 9.59 Å². The molecule has 0 fully saturated rings. The van der Waals surface area contributed by atoms with Crippen LogP contribution in [0.5, 0.6) is 0 Å². The van der Waals surface area contributed by atoms with Gasteiger partial charge in [0.2, 0.25) is 0 Å². The van der Waals surface area contributed by atoms with Gasteiger partial charge in [0.05, 0.1) is 0 Å². The minimum atomic E-state index is -0.542. The Labute approximate surface area is 186 Å². The lowest BCUT2D eigenvalue weighted by atomic mass is 10.0. The number of hydrogen-bond donors (Lipinski definition) is 0. The molecule has 0 spiro atoms. The molecule has 0 atom stereocenters. The maximum atomic E-state index is 12.9. The fourth-order valence-electron chi connectivity index (χ4n) is 3.31. The summed E-state index contributed by atoms with van der Waals surface area (Å²) in [4.78, 5) is 25.8. The first kappa shape index (κ1) is 24.3. The van der Waals surface area contributed by atoms with Crippen LogP contribution in [0.15, 0.2) is 71.8 Å². The molecule has 0 aromatic heterocycles. The van der Waals surface area contributed by atoms with Crippen LogP contribution in [-0.4, -0.2) is 11.9 Å². The lowest BCUT2D eigenvalue weighted by Gasteiger charge is -2.10. The van der Waals surface area contributed by atoms with E-state index in [2.05, 4.69) is 13.8 Å². The van der Waals surface area contributed by atoms with Crippen LogP contribution in [0.2, 0.25) is 0 Å². The number of hydrogen-bond acceptors (Lipinski definition) is 3. The zero-order chi connectivity index (χ0) is 22.3. The Hall–Kier alpha value is -2.94. The molecule has 0 aliphatic heterocycles. The summed E-state index contributed by atoms with van der Waals surface area (Å²) in [5, 5.41) is 0. The summed E-state index contributed by atoms with van der Waals surface area (Å²) in [6.07, 6.45) is 10.8. The normalized spacial score (nSPS) is 11.9. The van der Waals surface area contributed by atoms with Crippen LogP contribution >= 0.6 is 0 Å². The van der Waals surface area contributed by atoms with Crippen molar-refractivity contribution in [1.29, 1.82) is 0 Å². The van der Waals surface area contributed by atoms with Crippen molar-refractivity contribution in [2.45, 2.75) is 65.2 Å². The molecule has 3 heteroatoms. The molecule has 0 aliphatic carbocycles. The van der Waals surface area contributed by atoms with E-state index in [4.69, 9.17) is 4.74 Å². The molecule has 0 amide bonds. The minimum absolute atomic E-state index is 0.542. The van der Waals surface area contributed by atoms with E-state index in [1.54, 1.807) is 0 Å². The third-order valence-corrected chi connectivity index (χ3v) is 5.09. The lowest BCUT2D eigenvalue weighted by molar-refractivity contribution is -0.154. The summed E-state index contributed by atoms with van der Waals surface area (Å²) in [5.74, 6) is -1.08. The molecule has 0 radical (unpaired) electrons. The van der Waals surface area contributed by atoms with Crippen molar-refractivity contribution < 1.29 is 14.3 Å².